The van der Waals surface area contributed by atoms with Gasteiger partial charge in [-0.15, -0.1) is 0 Å². The van der Waals surface area contributed by atoms with E-state index in [1.165, 1.54) is 0 Å². The summed E-state index contributed by atoms with van der Waals surface area (Å²) < 4.78 is 4.85. The van der Waals surface area contributed by atoms with Crippen LogP contribution in [0.2, 0.25) is 0 Å². The molecule has 0 aliphatic heterocycles. The fourth-order valence-electron chi connectivity index (χ4n) is 1.63. The van der Waals surface area contributed by atoms with Crippen LogP contribution in [0.1, 0.15) is 32.6 Å². The van der Waals surface area contributed by atoms with Gasteiger partial charge in [0.1, 0.15) is 11.3 Å². The average Bonchev–Trinajstić information content (AvgIpc) is 2.78. The van der Waals surface area contributed by atoms with Gasteiger partial charge in [-0.2, -0.15) is 4.91 Å². The number of ether oxygens (including phenoxy) is 1. The fraction of sp³-hybridized carbons (Fsp3) is 0.900. The predicted octanol–water partition coefficient (Wildman–Crippen LogP) is 1.92. The highest BCUT2D eigenvalue weighted by Gasteiger charge is 2.52. The second-order valence-electron chi connectivity index (χ2n) is 4.19. The maximum atomic E-state index is 11.4. The van der Waals surface area contributed by atoms with Crippen molar-refractivity contribution < 1.29 is 9.53 Å². The Bertz CT molecular complexity index is 229. The molecule has 0 bridgehead atoms. The summed E-state index contributed by atoms with van der Waals surface area (Å²) >= 11 is 0. The zero-order valence-electron chi connectivity index (χ0n) is 8.78. The molecule has 0 saturated heterocycles. The van der Waals surface area contributed by atoms with Crippen LogP contribution in [-0.4, -0.2) is 25.0 Å². The highest BCUT2D eigenvalue weighted by molar-refractivity contribution is 5.79. The summed E-state index contributed by atoms with van der Waals surface area (Å²) in [5.74, 6) is 0.412. The molecular weight excluding hydrogens is 182 g/mol. The molecule has 80 valence electrons. The van der Waals surface area contributed by atoms with E-state index in [2.05, 4.69) is 5.18 Å². The van der Waals surface area contributed by atoms with Crippen molar-refractivity contribution in [1.82, 2.24) is 0 Å². The van der Waals surface area contributed by atoms with E-state index < -0.39 is 5.54 Å². The number of carbonyl (C=O) groups is 1. The molecule has 0 amide bonds. The topological polar surface area (TPSA) is 55.7 Å². The third-order valence-corrected chi connectivity index (χ3v) is 2.87. The normalized spacial score (nSPS) is 30.0. The molecule has 2 unspecified atom stereocenters. The SMILES string of the molecule is COCCCC(=O)CC1CC1(C)N=O. The lowest BCUT2D eigenvalue weighted by atomic mass is 10.1. The van der Waals surface area contributed by atoms with E-state index in [1.807, 2.05) is 6.92 Å². The third kappa shape index (κ3) is 2.87. The predicted molar refractivity (Wildman–Crippen MR) is 53.0 cm³/mol. The Morgan fingerprint density at radius 3 is 2.86 bits per heavy atom. The van der Waals surface area contributed by atoms with E-state index >= 15 is 0 Å². The van der Waals surface area contributed by atoms with Gasteiger partial charge < -0.3 is 4.74 Å². The molecule has 0 aromatic heterocycles. The number of ketones is 1. The summed E-state index contributed by atoms with van der Waals surface area (Å²) in [6.07, 6.45) is 2.60. The Hall–Kier alpha value is -0.770. The number of methoxy groups -OCH3 is 1. The van der Waals surface area contributed by atoms with Gasteiger partial charge in [-0.3, -0.25) is 4.79 Å². The second kappa shape index (κ2) is 4.64. The van der Waals surface area contributed by atoms with Crippen molar-refractivity contribution in [2.24, 2.45) is 11.1 Å². The quantitative estimate of drug-likeness (QED) is 0.465. The van der Waals surface area contributed by atoms with Crippen molar-refractivity contribution in [2.75, 3.05) is 13.7 Å². The first-order chi connectivity index (χ1) is 6.62. The molecule has 0 N–H and O–H groups in total. The number of hydrogen-bond donors (Lipinski definition) is 0. The van der Waals surface area contributed by atoms with Gasteiger partial charge >= 0.3 is 0 Å². The number of hydrogen-bond acceptors (Lipinski definition) is 4. The summed E-state index contributed by atoms with van der Waals surface area (Å²) in [5.41, 5.74) is -0.448. The Morgan fingerprint density at radius 1 is 1.64 bits per heavy atom. The summed E-state index contributed by atoms with van der Waals surface area (Å²) in [4.78, 5) is 21.7. The smallest absolute Gasteiger partial charge is 0.133 e. The zero-order valence-corrected chi connectivity index (χ0v) is 8.78. The van der Waals surface area contributed by atoms with Crippen molar-refractivity contribution in [1.29, 1.82) is 0 Å². The minimum Gasteiger partial charge on any atom is -0.385 e. The van der Waals surface area contributed by atoms with Crippen molar-refractivity contribution in [3.05, 3.63) is 4.91 Å². The minimum absolute atomic E-state index is 0.190. The van der Waals surface area contributed by atoms with Crippen LogP contribution in [0.25, 0.3) is 0 Å². The largest absolute Gasteiger partial charge is 0.385 e. The van der Waals surface area contributed by atoms with Gasteiger partial charge in [-0.25, -0.2) is 0 Å². The molecule has 0 heterocycles. The van der Waals surface area contributed by atoms with E-state index in [9.17, 15) is 9.70 Å². The molecule has 14 heavy (non-hydrogen) atoms. The van der Waals surface area contributed by atoms with Crippen molar-refractivity contribution in [3.8, 4) is 0 Å². The van der Waals surface area contributed by atoms with Crippen LogP contribution in [0.5, 0.6) is 0 Å². The van der Waals surface area contributed by atoms with Gasteiger partial charge in [0.2, 0.25) is 0 Å². The Morgan fingerprint density at radius 2 is 2.36 bits per heavy atom. The third-order valence-electron chi connectivity index (χ3n) is 2.87. The number of Topliss-reactive ketones (excluding diaryl/α,β-unsaturated/α-hetero) is 1. The van der Waals surface area contributed by atoms with E-state index in [0.29, 0.717) is 19.4 Å². The number of nitrogens with zero attached hydrogens (tertiary/aromatic N) is 1. The molecule has 4 heteroatoms. The monoisotopic (exact) mass is 199 g/mol. The molecule has 1 aliphatic carbocycles. The van der Waals surface area contributed by atoms with Gasteiger partial charge in [0.25, 0.3) is 0 Å². The van der Waals surface area contributed by atoms with Gasteiger partial charge in [-0.05, 0) is 25.7 Å². The number of nitroso groups, excluding NO2 is 1. The van der Waals surface area contributed by atoms with Crippen molar-refractivity contribution in [3.63, 3.8) is 0 Å². The summed E-state index contributed by atoms with van der Waals surface area (Å²) in [6.45, 7) is 2.44. The zero-order chi connectivity index (χ0) is 10.6. The minimum atomic E-state index is -0.448. The van der Waals surface area contributed by atoms with Gasteiger partial charge in [0.15, 0.2) is 0 Å². The van der Waals surface area contributed by atoms with Crippen molar-refractivity contribution >= 4 is 5.78 Å². The molecular formula is C10H17NO3. The Labute approximate surface area is 84.0 Å². The van der Waals surface area contributed by atoms with Gasteiger partial charge in [-0.1, -0.05) is 5.18 Å². The number of carbonyl (C=O) groups excluding carboxylic acids is 1. The van der Waals surface area contributed by atoms with Crippen LogP contribution in [0.3, 0.4) is 0 Å². The van der Waals surface area contributed by atoms with Crippen LogP contribution in [0, 0.1) is 10.8 Å². The molecule has 1 fully saturated rings. The fourth-order valence-corrected chi connectivity index (χ4v) is 1.63. The molecule has 1 aliphatic rings. The molecule has 0 aromatic rings. The molecule has 1 rings (SSSR count). The van der Waals surface area contributed by atoms with Crippen LogP contribution < -0.4 is 0 Å². The van der Waals surface area contributed by atoms with Crippen molar-refractivity contribution in [2.45, 2.75) is 38.1 Å². The van der Waals surface area contributed by atoms with E-state index in [0.717, 1.165) is 12.8 Å². The summed E-state index contributed by atoms with van der Waals surface area (Å²) in [7, 11) is 1.62. The lowest BCUT2D eigenvalue weighted by molar-refractivity contribution is -0.119. The van der Waals surface area contributed by atoms with Crippen LogP contribution in [0.15, 0.2) is 5.18 Å². The Balaban J connectivity index is 2.14. The van der Waals surface area contributed by atoms with Crippen LogP contribution in [-0.2, 0) is 9.53 Å². The molecule has 0 spiro atoms. The van der Waals surface area contributed by atoms with Gasteiger partial charge in [0.05, 0.1) is 0 Å². The average molecular weight is 199 g/mol. The first-order valence-electron chi connectivity index (χ1n) is 4.97. The molecule has 1 saturated carbocycles. The molecule has 0 aromatic carbocycles. The maximum absolute atomic E-state index is 11.4. The highest BCUT2D eigenvalue weighted by atomic mass is 16.5. The van der Waals surface area contributed by atoms with Gasteiger partial charge in [0, 0.05) is 26.6 Å². The van der Waals surface area contributed by atoms with Crippen LogP contribution >= 0.6 is 0 Å². The summed E-state index contributed by atoms with van der Waals surface area (Å²) in [5, 5.41) is 3.04. The molecule has 4 nitrogen and oxygen atoms in total. The van der Waals surface area contributed by atoms with E-state index in [-0.39, 0.29) is 11.7 Å². The number of rotatable bonds is 7. The van der Waals surface area contributed by atoms with E-state index in [1.54, 1.807) is 7.11 Å². The molecule has 2 atom stereocenters. The standard InChI is InChI=1S/C10H17NO3/c1-10(11-13)7-8(10)6-9(12)4-3-5-14-2/h8H,3-7H2,1-2H3. The Kier molecular flexibility index (Phi) is 3.75. The summed E-state index contributed by atoms with van der Waals surface area (Å²) in [6, 6.07) is 0. The second-order valence-corrected chi connectivity index (χ2v) is 4.19. The maximum Gasteiger partial charge on any atom is 0.133 e. The highest BCUT2D eigenvalue weighted by Crippen LogP contribution is 2.48. The molecule has 0 radical (unpaired) electrons. The first kappa shape index (κ1) is 11.3. The lowest BCUT2D eigenvalue weighted by Gasteiger charge is -2.01. The van der Waals surface area contributed by atoms with Crippen LogP contribution in [0.4, 0.5) is 0 Å². The lowest BCUT2D eigenvalue weighted by Crippen LogP contribution is -2.07. The first-order valence-corrected chi connectivity index (χ1v) is 4.97. The van der Waals surface area contributed by atoms with E-state index in [4.69, 9.17) is 4.74 Å².